The molecule has 1 aromatic rings. The summed E-state index contributed by atoms with van der Waals surface area (Å²) >= 11 is 0. The summed E-state index contributed by atoms with van der Waals surface area (Å²) in [5.74, 6) is -0.261. The van der Waals surface area contributed by atoms with Crippen molar-refractivity contribution in [3.05, 3.63) is 59.9 Å². The molecule has 1 N–H and O–H groups in total. The summed E-state index contributed by atoms with van der Waals surface area (Å²) in [6.07, 6.45) is 6.25. The van der Waals surface area contributed by atoms with E-state index in [1.54, 1.807) is 30.5 Å². The molecule has 0 fully saturated rings. The third-order valence-electron chi connectivity index (χ3n) is 3.37. The Kier molecular flexibility index (Phi) is 2.91. The number of nitrogens with one attached hydrogen (secondary N) is 1. The minimum Gasteiger partial charge on any atom is -0.365 e. The van der Waals surface area contributed by atoms with E-state index in [2.05, 4.69) is 10.2 Å². The summed E-state index contributed by atoms with van der Waals surface area (Å²) in [5.41, 5.74) is 0.937. The lowest BCUT2D eigenvalue weighted by atomic mass is 10.0. The van der Waals surface area contributed by atoms with E-state index in [0.717, 1.165) is 6.54 Å². The number of amides is 1. The molecule has 1 amide bonds. The predicted octanol–water partition coefficient (Wildman–Crippen LogP) is 1.47. The normalized spacial score (nSPS) is 21.1. The average Bonchev–Trinajstić information content (AvgIpc) is 2.87. The fourth-order valence-electron chi connectivity index (χ4n) is 2.34. The maximum absolute atomic E-state index is 12.0. The Morgan fingerprint density at radius 2 is 2.05 bits per heavy atom. The number of benzene rings is 1. The molecule has 2 aliphatic rings. The minimum atomic E-state index is -0.245. The van der Waals surface area contributed by atoms with Crippen LogP contribution in [0.25, 0.3) is 0 Å². The van der Waals surface area contributed by atoms with Crippen molar-refractivity contribution in [1.29, 1.82) is 0 Å². The molecule has 4 nitrogen and oxygen atoms in total. The van der Waals surface area contributed by atoms with Crippen LogP contribution in [0.4, 0.5) is 0 Å². The molecule has 2 heterocycles. The Labute approximate surface area is 111 Å². The summed E-state index contributed by atoms with van der Waals surface area (Å²) < 4.78 is 0. The fourth-order valence-corrected chi connectivity index (χ4v) is 2.34. The molecule has 0 saturated carbocycles. The molecule has 0 saturated heterocycles. The van der Waals surface area contributed by atoms with Gasteiger partial charge in [0.1, 0.15) is 5.70 Å². The van der Waals surface area contributed by atoms with Gasteiger partial charge < -0.3 is 10.2 Å². The first-order valence-corrected chi connectivity index (χ1v) is 6.28. The molecule has 0 aromatic heterocycles. The molecular weight excluding hydrogens is 240 g/mol. The van der Waals surface area contributed by atoms with Gasteiger partial charge in [0, 0.05) is 24.7 Å². The maximum Gasteiger partial charge on any atom is 0.255 e. The molecule has 1 atom stereocenters. The molecule has 1 unspecified atom stereocenters. The fraction of sp³-hybridized carbons (Fsp3) is 0.200. The van der Waals surface area contributed by atoms with Gasteiger partial charge >= 0.3 is 0 Å². The van der Waals surface area contributed by atoms with E-state index in [1.807, 2.05) is 18.2 Å². The smallest absolute Gasteiger partial charge is 0.255 e. The van der Waals surface area contributed by atoms with E-state index in [0.29, 0.717) is 17.7 Å². The van der Waals surface area contributed by atoms with Crippen molar-refractivity contribution in [2.45, 2.75) is 12.5 Å². The first-order chi connectivity index (χ1) is 9.24. The highest BCUT2D eigenvalue weighted by molar-refractivity contribution is 6.04. The van der Waals surface area contributed by atoms with Crippen LogP contribution in [0.3, 0.4) is 0 Å². The topological polar surface area (TPSA) is 49.4 Å². The van der Waals surface area contributed by atoms with Crippen molar-refractivity contribution >= 4 is 11.7 Å². The molecule has 96 valence electrons. The Bertz CT molecular complexity index is 575. The summed E-state index contributed by atoms with van der Waals surface area (Å²) in [6, 6.07) is 9.05. The van der Waals surface area contributed by atoms with Crippen molar-refractivity contribution in [2.24, 2.45) is 0 Å². The van der Waals surface area contributed by atoms with E-state index in [4.69, 9.17) is 0 Å². The number of carbonyl (C=O) groups excluding carboxylic acids is 2. The van der Waals surface area contributed by atoms with Gasteiger partial charge in [0.05, 0.1) is 6.04 Å². The molecule has 19 heavy (non-hydrogen) atoms. The highest BCUT2D eigenvalue weighted by atomic mass is 16.2. The Hall–Kier alpha value is -2.36. The average molecular weight is 254 g/mol. The SMILES string of the molecule is O=C1CC2C=CCN2C=C1NC(=O)c1ccccc1. The number of nitrogens with zero attached hydrogens (tertiary/aromatic N) is 1. The highest BCUT2D eigenvalue weighted by Crippen LogP contribution is 2.21. The lowest BCUT2D eigenvalue weighted by Crippen LogP contribution is -2.38. The van der Waals surface area contributed by atoms with E-state index < -0.39 is 0 Å². The molecule has 0 radical (unpaired) electrons. The zero-order valence-electron chi connectivity index (χ0n) is 10.4. The molecular formula is C15H14N2O2. The number of hydrogen-bond donors (Lipinski definition) is 1. The molecule has 2 aliphatic heterocycles. The van der Waals surface area contributed by atoms with Gasteiger partial charge in [0.25, 0.3) is 5.91 Å². The maximum atomic E-state index is 12.0. The van der Waals surface area contributed by atoms with Crippen LogP contribution in [0, 0.1) is 0 Å². The predicted molar refractivity (Wildman–Crippen MR) is 71.2 cm³/mol. The number of rotatable bonds is 2. The zero-order chi connectivity index (χ0) is 13.2. The Morgan fingerprint density at radius 3 is 2.84 bits per heavy atom. The second-order valence-electron chi connectivity index (χ2n) is 4.68. The van der Waals surface area contributed by atoms with Crippen molar-refractivity contribution < 1.29 is 9.59 Å². The lowest BCUT2D eigenvalue weighted by Gasteiger charge is -2.28. The quantitative estimate of drug-likeness (QED) is 0.813. The van der Waals surface area contributed by atoms with Gasteiger partial charge in [0.15, 0.2) is 5.78 Å². The number of fused-ring (bicyclic) bond motifs is 1. The molecule has 1 aromatic carbocycles. The number of carbonyl (C=O) groups is 2. The first-order valence-electron chi connectivity index (χ1n) is 6.28. The van der Waals surface area contributed by atoms with Crippen LogP contribution in [-0.2, 0) is 4.79 Å². The molecule has 3 rings (SSSR count). The van der Waals surface area contributed by atoms with Crippen molar-refractivity contribution in [3.8, 4) is 0 Å². The van der Waals surface area contributed by atoms with Gasteiger partial charge in [0.2, 0.25) is 0 Å². The van der Waals surface area contributed by atoms with Crippen LogP contribution in [0.15, 0.2) is 54.4 Å². The van der Waals surface area contributed by atoms with E-state index >= 15 is 0 Å². The van der Waals surface area contributed by atoms with Gasteiger partial charge in [-0.25, -0.2) is 0 Å². The summed E-state index contributed by atoms with van der Waals surface area (Å²) in [4.78, 5) is 26.0. The van der Waals surface area contributed by atoms with Crippen molar-refractivity contribution in [1.82, 2.24) is 10.2 Å². The zero-order valence-corrected chi connectivity index (χ0v) is 10.4. The summed E-state index contributed by atoms with van der Waals surface area (Å²) in [7, 11) is 0. The first kappa shape index (κ1) is 11.7. The Morgan fingerprint density at radius 1 is 1.26 bits per heavy atom. The van der Waals surface area contributed by atoms with Crippen LogP contribution in [0.2, 0.25) is 0 Å². The van der Waals surface area contributed by atoms with Crippen molar-refractivity contribution in [2.75, 3.05) is 6.54 Å². The van der Waals surface area contributed by atoms with E-state index in [-0.39, 0.29) is 17.7 Å². The second-order valence-corrected chi connectivity index (χ2v) is 4.68. The van der Waals surface area contributed by atoms with E-state index in [9.17, 15) is 9.59 Å². The second kappa shape index (κ2) is 4.72. The van der Waals surface area contributed by atoms with Gasteiger partial charge in [-0.2, -0.15) is 0 Å². The molecule has 0 aliphatic carbocycles. The molecule has 0 spiro atoms. The molecule has 4 heteroatoms. The third-order valence-corrected chi connectivity index (χ3v) is 3.37. The number of allylic oxidation sites excluding steroid dienone is 1. The van der Waals surface area contributed by atoms with Crippen LogP contribution >= 0.6 is 0 Å². The number of hydrogen-bond acceptors (Lipinski definition) is 3. The van der Waals surface area contributed by atoms with Crippen LogP contribution < -0.4 is 5.32 Å². The lowest BCUT2D eigenvalue weighted by molar-refractivity contribution is -0.117. The standard InChI is InChI=1S/C15H14N2O2/c18-14-9-12-7-4-8-17(12)10-13(14)16-15(19)11-5-2-1-3-6-11/h1-7,10,12H,8-9H2,(H,16,19). The van der Waals surface area contributed by atoms with Gasteiger partial charge in [-0.1, -0.05) is 30.4 Å². The molecule has 0 bridgehead atoms. The minimum absolute atomic E-state index is 0.0166. The number of ketones is 1. The van der Waals surface area contributed by atoms with Gasteiger partial charge in [-0.3, -0.25) is 9.59 Å². The van der Waals surface area contributed by atoms with Gasteiger partial charge in [-0.05, 0) is 12.1 Å². The third kappa shape index (κ3) is 2.29. The van der Waals surface area contributed by atoms with Crippen LogP contribution in [-0.4, -0.2) is 29.2 Å². The van der Waals surface area contributed by atoms with Crippen LogP contribution in [0.1, 0.15) is 16.8 Å². The monoisotopic (exact) mass is 254 g/mol. The highest BCUT2D eigenvalue weighted by Gasteiger charge is 2.28. The van der Waals surface area contributed by atoms with Crippen LogP contribution in [0.5, 0.6) is 0 Å². The van der Waals surface area contributed by atoms with Crippen molar-refractivity contribution in [3.63, 3.8) is 0 Å². The van der Waals surface area contributed by atoms with Gasteiger partial charge in [-0.15, -0.1) is 0 Å². The Balaban J connectivity index is 1.76. The number of Topliss-reactive ketones (excluding diaryl/α,β-unsaturated/α-hetero) is 1. The van der Waals surface area contributed by atoms with E-state index in [1.165, 1.54) is 0 Å². The largest absolute Gasteiger partial charge is 0.365 e. The summed E-state index contributed by atoms with van der Waals surface area (Å²) in [6.45, 7) is 0.794. The summed E-state index contributed by atoms with van der Waals surface area (Å²) in [5, 5.41) is 2.70.